The largest absolute Gasteiger partial charge is 0.378 e. The van der Waals surface area contributed by atoms with Crippen LogP contribution in [0.2, 0.25) is 0 Å². The smallest absolute Gasteiger partial charge is 0.142 e. The standard InChI is InChI=1S/C10H10FNO/c1-10(2,13)4-3-8-5-9(11)7-12-6-8/h5-7,13H,1-2H3. The normalized spacial score (nSPS) is 10.5. The van der Waals surface area contributed by atoms with E-state index in [-0.39, 0.29) is 0 Å². The molecule has 1 aromatic heterocycles. The van der Waals surface area contributed by atoms with E-state index >= 15 is 0 Å². The number of rotatable bonds is 0. The van der Waals surface area contributed by atoms with Gasteiger partial charge in [-0.25, -0.2) is 4.39 Å². The van der Waals surface area contributed by atoms with Crippen molar-refractivity contribution >= 4 is 0 Å². The number of hydrogen-bond donors (Lipinski definition) is 1. The molecule has 0 bridgehead atoms. The second-order valence-electron chi connectivity index (χ2n) is 3.20. The predicted molar refractivity (Wildman–Crippen MR) is 47.4 cm³/mol. The van der Waals surface area contributed by atoms with Crippen LogP contribution in [0.3, 0.4) is 0 Å². The molecule has 0 aromatic carbocycles. The summed E-state index contributed by atoms with van der Waals surface area (Å²) in [5, 5.41) is 9.26. The third kappa shape index (κ3) is 3.68. The zero-order valence-corrected chi connectivity index (χ0v) is 7.50. The Bertz CT molecular complexity index is 357. The van der Waals surface area contributed by atoms with E-state index in [9.17, 15) is 9.50 Å². The molecule has 2 nitrogen and oxygen atoms in total. The summed E-state index contributed by atoms with van der Waals surface area (Å²) in [4.78, 5) is 3.63. The van der Waals surface area contributed by atoms with E-state index < -0.39 is 11.4 Å². The third-order valence-corrected chi connectivity index (χ3v) is 1.22. The molecular formula is C10H10FNO. The number of nitrogens with zero attached hydrogens (tertiary/aromatic N) is 1. The van der Waals surface area contributed by atoms with Crippen LogP contribution in [0.25, 0.3) is 0 Å². The molecule has 0 aliphatic heterocycles. The minimum absolute atomic E-state index is 0.428. The lowest BCUT2D eigenvalue weighted by molar-refractivity contribution is 0.143. The van der Waals surface area contributed by atoms with Crippen molar-refractivity contribution in [1.29, 1.82) is 0 Å². The van der Waals surface area contributed by atoms with Crippen molar-refractivity contribution in [1.82, 2.24) is 4.98 Å². The number of aliphatic hydroxyl groups is 1. The molecule has 68 valence electrons. The number of halogens is 1. The van der Waals surface area contributed by atoms with Gasteiger partial charge in [0.2, 0.25) is 0 Å². The van der Waals surface area contributed by atoms with Crippen molar-refractivity contribution in [3.05, 3.63) is 29.8 Å². The van der Waals surface area contributed by atoms with Crippen LogP contribution in [0.1, 0.15) is 19.4 Å². The maximum absolute atomic E-state index is 12.6. The Morgan fingerprint density at radius 1 is 1.46 bits per heavy atom. The van der Waals surface area contributed by atoms with Gasteiger partial charge in [-0.05, 0) is 19.9 Å². The Morgan fingerprint density at radius 2 is 2.15 bits per heavy atom. The van der Waals surface area contributed by atoms with Crippen molar-refractivity contribution in [2.24, 2.45) is 0 Å². The zero-order valence-electron chi connectivity index (χ0n) is 7.50. The second-order valence-corrected chi connectivity index (χ2v) is 3.20. The first-order chi connectivity index (χ1) is 5.97. The zero-order chi connectivity index (χ0) is 9.90. The van der Waals surface area contributed by atoms with E-state index in [4.69, 9.17) is 0 Å². The number of hydrogen-bond acceptors (Lipinski definition) is 2. The van der Waals surface area contributed by atoms with Gasteiger partial charge in [0.1, 0.15) is 11.4 Å². The van der Waals surface area contributed by atoms with Crippen molar-refractivity contribution in [3.63, 3.8) is 0 Å². The molecule has 13 heavy (non-hydrogen) atoms. The molecule has 3 heteroatoms. The van der Waals surface area contributed by atoms with Crippen molar-refractivity contribution < 1.29 is 9.50 Å². The molecule has 1 rings (SSSR count). The van der Waals surface area contributed by atoms with Gasteiger partial charge in [0, 0.05) is 11.8 Å². The minimum atomic E-state index is -1.06. The van der Waals surface area contributed by atoms with Crippen LogP contribution in [-0.2, 0) is 0 Å². The van der Waals surface area contributed by atoms with Crippen LogP contribution in [0.5, 0.6) is 0 Å². The molecule has 0 atom stereocenters. The van der Waals surface area contributed by atoms with Gasteiger partial charge in [-0.1, -0.05) is 11.8 Å². The molecule has 0 radical (unpaired) electrons. The van der Waals surface area contributed by atoms with Crippen molar-refractivity contribution in [3.8, 4) is 11.8 Å². The van der Waals surface area contributed by atoms with Gasteiger partial charge in [-0.15, -0.1) is 0 Å². The minimum Gasteiger partial charge on any atom is -0.378 e. The summed E-state index contributed by atoms with van der Waals surface area (Å²) in [6, 6.07) is 1.27. The van der Waals surface area contributed by atoms with Gasteiger partial charge in [0.15, 0.2) is 0 Å². The molecular weight excluding hydrogens is 169 g/mol. The number of pyridine rings is 1. The molecule has 0 fully saturated rings. The molecule has 0 aliphatic carbocycles. The highest BCUT2D eigenvalue weighted by atomic mass is 19.1. The highest BCUT2D eigenvalue weighted by Crippen LogP contribution is 2.01. The van der Waals surface area contributed by atoms with E-state index in [2.05, 4.69) is 16.8 Å². The second kappa shape index (κ2) is 3.55. The quantitative estimate of drug-likeness (QED) is 0.610. The van der Waals surface area contributed by atoms with E-state index in [1.165, 1.54) is 12.3 Å². The summed E-state index contributed by atoms with van der Waals surface area (Å²) in [6.07, 6.45) is 2.55. The Hall–Kier alpha value is -1.40. The van der Waals surface area contributed by atoms with Gasteiger partial charge in [-0.2, -0.15) is 0 Å². The maximum atomic E-state index is 12.6. The van der Waals surface area contributed by atoms with Crippen LogP contribution in [0, 0.1) is 17.7 Å². The molecule has 0 spiro atoms. The SMILES string of the molecule is CC(C)(O)C#Cc1cncc(F)c1. The molecule has 0 amide bonds. The first kappa shape index (κ1) is 9.69. The Balaban J connectivity index is 2.90. The molecule has 0 saturated carbocycles. The lowest BCUT2D eigenvalue weighted by Gasteiger charge is -2.05. The first-order valence-electron chi connectivity index (χ1n) is 3.83. The average Bonchev–Trinajstić information content (AvgIpc) is 2.00. The van der Waals surface area contributed by atoms with Crippen molar-refractivity contribution in [2.75, 3.05) is 0 Å². The molecule has 1 aromatic rings. The summed E-state index contributed by atoms with van der Waals surface area (Å²) in [5.41, 5.74) is -0.603. The van der Waals surface area contributed by atoms with E-state index in [0.29, 0.717) is 5.56 Å². The predicted octanol–water partition coefficient (Wildman–Crippen LogP) is 1.34. The molecule has 0 saturated heterocycles. The van der Waals surface area contributed by atoms with Crippen LogP contribution in [0.15, 0.2) is 18.5 Å². The van der Waals surface area contributed by atoms with E-state index in [0.717, 1.165) is 6.20 Å². The molecule has 1 N–H and O–H groups in total. The van der Waals surface area contributed by atoms with Gasteiger partial charge < -0.3 is 5.11 Å². The van der Waals surface area contributed by atoms with Gasteiger partial charge >= 0.3 is 0 Å². The lowest BCUT2D eigenvalue weighted by atomic mass is 10.1. The Morgan fingerprint density at radius 3 is 2.69 bits per heavy atom. The summed E-state index contributed by atoms with van der Waals surface area (Å²) < 4.78 is 12.6. The first-order valence-corrected chi connectivity index (χ1v) is 3.83. The fraction of sp³-hybridized carbons (Fsp3) is 0.300. The fourth-order valence-corrected chi connectivity index (χ4v) is 0.705. The summed E-state index contributed by atoms with van der Waals surface area (Å²) in [6.45, 7) is 3.12. The Kier molecular flexibility index (Phi) is 2.64. The number of aromatic nitrogens is 1. The van der Waals surface area contributed by atoms with Crippen LogP contribution >= 0.6 is 0 Å². The Labute approximate surface area is 76.4 Å². The summed E-state index contributed by atoms with van der Waals surface area (Å²) in [7, 11) is 0. The summed E-state index contributed by atoms with van der Waals surface area (Å²) in [5.74, 6) is 4.76. The highest BCUT2D eigenvalue weighted by molar-refractivity contribution is 5.33. The van der Waals surface area contributed by atoms with Gasteiger partial charge in [0.05, 0.1) is 6.20 Å². The molecule has 1 heterocycles. The van der Waals surface area contributed by atoms with E-state index in [1.807, 2.05) is 0 Å². The van der Waals surface area contributed by atoms with Gasteiger partial charge in [0.25, 0.3) is 0 Å². The monoisotopic (exact) mass is 179 g/mol. The molecule has 0 unspecified atom stereocenters. The lowest BCUT2D eigenvalue weighted by Crippen LogP contribution is -2.14. The van der Waals surface area contributed by atoms with Crippen molar-refractivity contribution in [2.45, 2.75) is 19.4 Å². The topological polar surface area (TPSA) is 33.1 Å². The maximum Gasteiger partial charge on any atom is 0.142 e. The summed E-state index contributed by atoms with van der Waals surface area (Å²) >= 11 is 0. The highest BCUT2D eigenvalue weighted by Gasteiger charge is 2.05. The third-order valence-electron chi connectivity index (χ3n) is 1.22. The average molecular weight is 179 g/mol. The fourth-order valence-electron chi connectivity index (χ4n) is 0.705. The van der Waals surface area contributed by atoms with Crippen LogP contribution in [-0.4, -0.2) is 15.7 Å². The van der Waals surface area contributed by atoms with Crippen LogP contribution < -0.4 is 0 Å². The molecule has 0 aliphatic rings. The van der Waals surface area contributed by atoms with Gasteiger partial charge in [-0.3, -0.25) is 4.98 Å². The van der Waals surface area contributed by atoms with E-state index in [1.54, 1.807) is 13.8 Å². The van der Waals surface area contributed by atoms with Crippen LogP contribution in [0.4, 0.5) is 4.39 Å².